The minimum Gasteiger partial charge on any atom is -0.264 e. The highest BCUT2D eigenvalue weighted by atomic mass is 14.6. The molecule has 0 aliphatic heterocycles. The molecule has 0 N–H and O–H groups in total. The van der Waals surface area contributed by atoms with Crippen molar-refractivity contribution < 1.29 is 0 Å². The van der Waals surface area contributed by atoms with Crippen LogP contribution in [0.25, 0.3) is 12.2 Å². The van der Waals surface area contributed by atoms with Gasteiger partial charge in [0.15, 0.2) is 0 Å². The maximum Gasteiger partial charge on any atom is 0.0340 e. The van der Waals surface area contributed by atoms with Crippen molar-refractivity contribution in [1.29, 1.82) is 0 Å². The molecule has 0 spiro atoms. The van der Waals surface area contributed by atoms with E-state index in [4.69, 9.17) is 0 Å². The molecule has 0 aliphatic rings. The van der Waals surface area contributed by atoms with Gasteiger partial charge in [-0.05, 0) is 35.7 Å². The van der Waals surface area contributed by atoms with Crippen molar-refractivity contribution in [2.45, 2.75) is 6.92 Å². The van der Waals surface area contributed by atoms with E-state index in [9.17, 15) is 0 Å². The summed E-state index contributed by atoms with van der Waals surface area (Å²) in [6.07, 6.45) is 11.4. The molecule has 0 unspecified atom stereocenters. The van der Waals surface area contributed by atoms with Crippen LogP contribution in [0, 0.1) is 6.92 Å². The summed E-state index contributed by atoms with van der Waals surface area (Å²) in [5.41, 5.74) is 3.38. The third-order valence-corrected chi connectivity index (χ3v) is 2.05. The second-order valence-electron chi connectivity index (χ2n) is 3.42. The van der Waals surface area contributed by atoms with Gasteiger partial charge in [-0.3, -0.25) is 9.97 Å². The fourth-order valence-electron chi connectivity index (χ4n) is 1.34. The second-order valence-corrected chi connectivity index (χ2v) is 3.42. The topological polar surface area (TPSA) is 25.8 Å². The van der Waals surface area contributed by atoms with Gasteiger partial charge in [-0.15, -0.1) is 0 Å². The Morgan fingerprint density at radius 2 is 1.80 bits per heavy atom. The first-order chi connectivity index (χ1) is 7.34. The molecule has 2 rings (SSSR count). The summed E-state index contributed by atoms with van der Waals surface area (Å²) in [6, 6.07) is 6.04. The highest BCUT2D eigenvalue weighted by Gasteiger charge is 1.89. The van der Waals surface area contributed by atoms with E-state index in [0.29, 0.717) is 0 Å². The average molecular weight is 196 g/mol. The smallest absolute Gasteiger partial charge is 0.0340 e. The summed E-state index contributed by atoms with van der Waals surface area (Å²) >= 11 is 0. The van der Waals surface area contributed by atoms with Gasteiger partial charge in [0.1, 0.15) is 0 Å². The van der Waals surface area contributed by atoms with E-state index >= 15 is 0 Å². The molecular weight excluding hydrogens is 184 g/mol. The van der Waals surface area contributed by atoms with Gasteiger partial charge < -0.3 is 0 Å². The van der Waals surface area contributed by atoms with Gasteiger partial charge >= 0.3 is 0 Å². The molecule has 0 fully saturated rings. The second kappa shape index (κ2) is 4.51. The molecule has 0 aliphatic carbocycles. The van der Waals surface area contributed by atoms with Crippen LogP contribution in [0.15, 0.2) is 43.0 Å². The Balaban J connectivity index is 2.19. The molecule has 2 heterocycles. The lowest BCUT2D eigenvalue weighted by atomic mass is 10.2. The van der Waals surface area contributed by atoms with Crippen LogP contribution in [0.2, 0.25) is 0 Å². The molecule has 0 saturated heterocycles. The van der Waals surface area contributed by atoms with Gasteiger partial charge in [0.25, 0.3) is 0 Å². The standard InChI is InChI=1S/C13H12N2/c1-11-7-13(10-15-8-11)5-4-12-3-2-6-14-9-12/h2-10H,1H3/b5-4-. The van der Waals surface area contributed by atoms with Crippen LogP contribution in [0.1, 0.15) is 16.7 Å². The quantitative estimate of drug-likeness (QED) is 0.738. The summed E-state index contributed by atoms with van der Waals surface area (Å²) in [4.78, 5) is 8.18. The average Bonchev–Trinajstić information content (AvgIpc) is 2.28. The molecule has 2 heteroatoms. The lowest BCUT2D eigenvalue weighted by Gasteiger charge is -1.95. The molecule has 2 aromatic rings. The third-order valence-electron chi connectivity index (χ3n) is 2.05. The van der Waals surface area contributed by atoms with Crippen molar-refractivity contribution in [2.24, 2.45) is 0 Å². The molecule has 15 heavy (non-hydrogen) atoms. The molecule has 0 aromatic carbocycles. The van der Waals surface area contributed by atoms with E-state index in [1.807, 2.05) is 49.8 Å². The monoisotopic (exact) mass is 196 g/mol. The number of nitrogens with zero attached hydrogens (tertiary/aromatic N) is 2. The van der Waals surface area contributed by atoms with Crippen LogP contribution < -0.4 is 0 Å². The zero-order valence-electron chi connectivity index (χ0n) is 8.59. The van der Waals surface area contributed by atoms with Crippen molar-refractivity contribution in [2.75, 3.05) is 0 Å². The minimum atomic E-state index is 1.10. The molecule has 2 aromatic heterocycles. The first-order valence-corrected chi connectivity index (χ1v) is 4.84. The van der Waals surface area contributed by atoms with Crippen LogP contribution in [-0.4, -0.2) is 9.97 Å². The molecule has 0 radical (unpaired) electrons. The molecular formula is C13H12N2. The van der Waals surface area contributed by atoms with Gasteiger partial charge in [-0.1, -0.05) is 18.2 Å². The number of aromatic nitrogens is 2. The molecule has 0 amide bonds. The Kier molecular flexibility index (Phi) is 2.88. The Hall–Kier alpha value is -1.96. The number of pyridine rings is 2. The first kappa shape index (κ1) is 9.59. The summed E-state index contributed by atoms with van der Waals surface area (Å²) in [7, 11) is 0. The Bertz CT molecular complexity index is 461. The summed E-state index contributed by atoms with van der Waals surface area (Å²) < 4.78 is 0. The third kappa shape index (κ3) is 2.74. The van der Waals surface area contributed by atoms with E-state index in [0.717, 1.165) is 11.1 Å². The minimum absolute atomic E-state index is 1.10. The Labute approximate surface area is 89.3 Å². The zero-order chi connectivity index (χ0) is 10.5. The van der Waals surface area contributed by atoms with Crippen LogP contribution in [0.5, 0.6) is 0 Å². The number of rotatable bonds is 2. The molecule has 74 valence electrons. The van der Waals surface area contributed by atoms with Gasteiger partial charge in [-0.2, -0.15) is 0 Å². The highest BCUT2D eigenvalue weighted by Crippen LogP contribution is 2.07. The lowest BCUT2D eigenvalue weighted by Crippen LogP contribution is -1.79. The predicted octanol–water partition coefficient (Wildman–Crippen LogP) is 2.96. The molecule has 0 atom stereocenters. The number of hydrogen-bond donors (Lipinski definition) is 0. The number of aryl methyl sites for hydroxylation is 1. The maximum absolute atomic E-state index is 4.13. The van der Waals surface area contributed by atoms with E-state index < -0.39 is 0 Å². The predicted molar refractivity (Wildman–Crippen MR) is 62.1 cm³/mol. The SMILES string of the molecule is Cc1cncc(/C=C\c2cccnc2)c1. The highest BCUT2D eigenvalue weighted by molar-refractivity contribution is 5.68. The van der Waals surface area contributed by atoms with E-state index in [2.05, 4.69) is 16.0 Å². The van der Waals surface area contributed by atoms with Gasteiger partial charge in [0, 0.05) is 24.8 Å². The van der Waals surface area contributed by atoms with Crippen LogP contribution >= 0.6 is 0 Å². The number of hydrogen-bond acceptors (Lipinski definition) is 2. The Morgan fingerprint density at radius 1 is 1.00 bits per heavy atom. The molecule has 0 bridgehead atoms. The summed E-state index contributed by atoms with van der Waals surface area (Å²) in [5, 5.41) is 0. The van der Waals surface area contributed by atoms with Crippen molar-refractivity contribution in [3.63, 3.8) is 0 Å². The zero-order valence-corrected chi connectivity index (χ0v) is 8.59. The van der Waals surface area contributed by atoms with Crippen LogP contribution in [-0.2, 0) is 0 Å². The van der Waals surface area contributed by atoms with Crippen LogP contribution in [0.4, 0.5) is 0 Å². The van der Waals surface area contributed by atoms with Crippen molar-refractivity contribution >= 4 is 12.2 Å². The van der Waals surface area contributed by atoms with Crippen molar-refractivity contribution in [3.8, 4) is 0 Å². The first-order valence-electron chi connectivity index (χ1n) is 4.84. The van der Waals surface area contributed by atoms with Gasteiger partial charge in [-0.25, -0.2) is 0 Å². The van der Waals surface area contributed by atoms with Crippen LogP contribution in [0.3, 0.4) is 0 Å². The maximum atomic E-state index is 4.13. The van der Waals surface area contributed by atoms with Crippen molar-refractivity contribution in [1.82, 2.24) is 9.97 Å². The molecule has 2 nitrogen and oxygen atoms in total. The fourth-order valence-corrected chi connectivity index (χ4v) is 1.34. The van der Waals surface area contributed by atoms with E-state index in [-0.39, 0.29) is 0 Å². The van der Waals surface area contributed by atoms with Gasteiger partial charge in [0.05, 0.1) is 0 Å². The van der Waals surface area contributed by atoms with E-state index in [1.165, 1.54) is 5.56 Å². The molecule has 0 saturated carbocycles. The lowest BCUT2D eigenvalue weighted by molar-refractivity contribution is 1.26. The fraction of sp³-hybridized carbons (Fsp3) is 0.0769. The van der Waals surface area contributed by atoms with Crippen molar-refractivity contribution in [3.05, 3.63) is 59.7 Å². The summed E-state index contributed by atoms with van der Waals surface area (Å²) in [6.45, 7) is 2.04. The largest absolute Gasteiger partial charge is 0.264 e. The van der Waals surface area contributed by atoms with Gasteiger partial charge in [0.2, 0.25) is 0 Å². The van der Waals surface area contributed by atoms with E-state index in [1.54, 1.807) is 6.20 Å². The summed E-state index contributed by atoms with van der Waals surface area (Å²) in [5.74, 6) is 0. The normalized spacial score (nSPS) is 10.7. The Morgan fingerprint density at radius 3 is 2.53 bits per heavy atom.